The van der Waals surface area contributed by atoms with Gasteiger partial charge in [-0.15, -0.1) is 10.2 Å². The van der Waals surface area contributed by atoms with Crippen molar-refractivity contribution in [3.05, 3.63) is 64.4 Å². The number of carbonyl (C=O) groups is 1. The molecule has 0 aliphatic heterocycles. The van der Waals surface area contributed by atoms with Crippen LogP contribution >= 0.6 is 23.4 Å². The maximum Gasteiger partial charge on any atom is 0.234 e. The van der Waals surface area contributed by atoms with Crippen molar-refractivity contribution < 1.29 is 9.53 Å². The van der Waals surface area contributed by atoms with Crippen LogP contribution < -0.4 is 10.1 Å². The number of rotatable bonds is 8. The summed E-state index contributed by atoms with van der Waals surface area (Å²) in [4.78, 5) is 12.3. The third-order valence-corrected chi connectivity index (χ3v) is 5.75. The molecule has 2 aromatic carbocycles. The van der Waals surface area contributed by atoms with Crippen molar-refractivity contribution in [1.82, 2.24) is 14.8 Å². The van der Waals surface area contributed by atoms with Gasteiger partial charge < -0.3 is 14.6 Å². The van der Waals surface area contributed by atoms with Crippen LogP contribution in [0.5, 0.6) is 5.75 Å². The molecule has 3 aromatic rings. The van der Waals surface area contributed by atoms with Crippen LogP contribution in [0.1, 0.15) is 23.9 Å². The predicted octanol–water partition coefficient (Wildman–Crippen LogP) is 4.88. The van der Waals surface area contributed by atoms with E-state index in [9.17, 15) is 4.79 Å². The van der Waals surface area contributed by atoms with Crippen LogP contribution in [0, 0.1) is 13.8 Å². The van der Waals surface area contributed by atoms with E-state index in [1.165, 1.54) is 11.8 Å². The van der Waals surface area contributed by atoms with Crippen LogP contribution in [0.2, 0.25) is 5.02 Å². The number of para-hydroxylation sites is 1. The van der Waals surface area contributed by atoms with Gasteiger partial charge in [-0.3, -0.25) is 4.79 Å². The van der Waals surface area contributed by atoms with Gasteiger partial charge in [0.25, 0.3) is 0 Å². The van der Waals surface area contributed by atoms with E-state index in [4.69, 9.17) is 16.3 Å². The average Bonchev–Trinajstić information content (AvgIpc) is 3.11. The van der Waals surface area contributed by atoms with E-state index < -0.39 is 0 Å². The highest BCUT2D eigenvalue weighted by Gasteiger charge is 2.14. The SMILES string of the molecule is CCn1c(COc2ccc(Cl)c(C)c2)nnc1SCC(=O)Nc1ccccc1C. The molecule has 152 valence electrons. The second-order valence-electron chi connectivity index (χ2n) is 6.49. The van der Waals surface area contributed by atoms with E-state index >= 15 is 0 Å². The Balaban J connectivity index is 1.59. The molecule has 0 radical (unpaired) electrons. The zero-order valence-corrected chi connectivity index (χ0v) is 18.2. The molecule has 0 atom stereocenters. The van der Waals surface area contributed by atoms with Gasteiger partial charge in [-0.05, 0) is 56.2 Å². The number of hydrogen-bond acceptors (Lipinski definition) is 5. The fourth-order valence-electron chi connectivity index (χ4n) is 2.73. The Kier molecular flexibility index (Phi) is 7.17. The number of aromatic nitrogens is 3. The molecule has 1 heterocycles. The first-order valence-electron chi connectivity index (χ1n) is 9.27. The quantitative estimate of drug-likeness (QED) is 0.516. The van der Waals surface area contributed by atoms with Gasteiger partial charge in [-0.25, -0.2) is 0 Å². The van der Waals surface area contributed by atoms with Crippen molar-refractivity contribution in [3.8, 4) is 5.75 Å². The van der Waals surface area contributed by atoms with Crippen molar-refractivity contribution in [2.24, 2.45) is 0 Å². The molecule has 0 aliphatic carbocycles. The van der Waals surface area contributed by atoms with Gasteiger partial charge in [0.15, 0.2) is 11.0 Å². The number of thioether (sulfide) groups is 1. The largest absolute Gasteiger partial charge is 0.486 e. The van der Waals surface area contributed by atoms with Crippen molar-refractivity contribution >= 4 is 35.0 Å². The van der Waals surface area contributed by atoms with Crippen molar-refractivity contribution in [2.45, 2.75) is 39.1 Å². The van der Waals surface area contributed by atoms with Crippen LogP contribution in [0.15, 0.2) is 47.6 Å². The first-order chi connectivity index (χ1) is 14.0. The van der Waals surface area contributed by atoms with Crippen LogP contribution in [0.3, 0.4) is 0 Å². The van der Waals surface area contributed by atoms with Gasteiger partial charge in [0.2, 0.25) is 5.91 Å². The highest BCUT2D eigenvalue weighted by Crippen LogP contribution is 2.23. The maximum atomic E-state index is 12.3. The molecule has 0 spiro atoms. The second-order valence-corrected chi connectivity index (χ2v) is 7.84. The molecule has 1 N–H and O–H groups in total. The van der Waals surface area contributed by atoms with E-state index in [1.807, 2.05) is 67.8 Å². The number of amides is 1. The third-order valence-electron chi connectivity index (χ3n) is 4.36. The number of nitrogens with zero attached hydrogens (tertiary/aromatic N) is 3. The zero-order valence-electron chi connectivity index (χ0n) is 16.6. The number of ether oxygens (including phenoxy) is 1. The highest BCUT2D eigenvalue weighted by molar-refractivity contribution is 7.99. The lowest BCUT2D eigenvalue weighted by molar-refractivity contribution is -0.113. The molecule has 1 amide bonds. The predicted molar refractivity (Wildman–Crippen MR) is 117 cm³/mol. The van der Waals surface area contributed by atoms with Crippen LogP contribution in [-0.4, -0.2) is 26.4 Å². The monoisotopic (exact) mass is 430 g/mol. The number of benzene rings is 2. The van der Waals surface area contributed by atoms with Gasteiger partial charge >= 0.3 is 0 Å². The van der Waals surface area contributed by atoms with Crippen molar-refractivity contribution in [1.29, 1.82) is 0 Å². The number of anilines is 1. The Morgan fingerprint density at radius 1 is 1.17 bits per heavy atom. The van der Waals surface area contributed by atoms with Gasteiger partial charge in [-0.2, -0.15) is 0 Å². The van der Waals surface area contributed by atoms with E-state index in [-0.39, 0.29) is 18.3 Å². The molecule has 8 heteroatoms. The first kappa shape index (κ1) is 21.2. The number of hydrogen-bond donors (Lipinski definition) is 1. The lowest BCUT2D eigenvalue weighted by Crippen LogP contribution is -2.15. The number of aryl methyl sites for hydroxylation is 2. The minimum absolute atomic E-state index is 0.0793. The molecule has 6 nitrogen and oxygen atoms in total. The summed E-state index contributed by atoms with van der Waals surface area (Å²) in [5.41, 5.74) is 2.80. The third kappa shape index (κ3) is 5.52. The normalized spacial score (nSPS) is 10.8. The van der Waals surface area contributed by atoms with E-state index in [0.29, 0.717) is 22.5 Å². The van der Waals surface area contributed by atoms with Crippen LogP contribution in [0.25, 0.3) is 0 Å². The molecule has 29 heavy (non-hydrogen) atoms. The Labute approximate surface area is 179 Å². The summed E-state index contributed by atoms with van der Waals surface area (Å²) in [7, 11) is 0. The minimum Gasteiger partial charge on any atom is -0.486 e. The molecule has 0 aliphatic rings. The molecule has 0 saturated carbocycles. The molecular formula is C21H23ClN4O2S. The Bertz CT molecular complexity index is 1010. The maximum absolute atomic E-state index is 12.3. The first-order valence-corrected chi connectivity index (χ1v) is 10.6. The zero-order chi connectivity index (χ0) is 20.8. The molecule has 0 unspecified atom stereocenters. The van der Waals surface area contributed by atoms with Crippen molar-refractivity contribution in [2.75, 3.05) is 11.1 Å². The number of halogens is 1. The molecule has 3 rings (SSSR count). The van der Waals surface area contributed by atoms with Gasteiger partial charge in [0, 0.05) is 17.3 Å². The molecule has 0 fully saturated rings. The topological polar surface area (TPSA) is 69.0 Å². The summed E-state index contributed by atoms with van der Waals surface area (Å²) in [6.07, 6.45) is 0. The second kappa shape index (κ2) is 9.80. The lowest BCUT2D eigenvalue weighted by Gasteiger charge is -2.10. The summed E-state index contributed by atoms with van der Waals surface area (Å²) in [6, 6.07) is 13.2. The van der Waals surface area contributed by atoms with Gasteiger partial charge in [0.1, 0.15) is 12.4 Å². The van der Waals surface area contributed by atoms with Gasteiger partial charge in [-0.1, -0.05) is 41.6 Å². The number of nitrogens with one attached hydrogen (secondary N) is 1. The molecule has 1 aromatic heterocycles. The standard InChI is InChI=1S/C21H23ClN4O2S/c1-4-26-19(12-28-16-9-10-17(22)15(3)11-16)24-25-21(26)29-13-20(27)23-18-8-6-5-7-14(18)2/h5-11H,4,12-13H2,1-3H3,(H,23,27). The Morgan fingerprint density at radius 3 is 2.69 bits per heavy atom. The smallest absolute Gasteiger partial charge is 0.234 e. The lowest BCUT2D eigenvalue weighted by atomic mass is 10.2. The van der Waals surface area contributed by atoms with E-state index in [1.54, 1.807) is 0 Å². The van der Waals surface area contributed by atoms with E-state index in [0.717, 1.165) is 22.6 Å². The Morgan fingerprint density at radius 2 is 1.97 bits per heavy atom. The molecule has 0 bridgehead atoms. The molecule has 0 saturated heterocycles. The average molecular weight is 431 g/mol. The summed E-state index contributed by atoms with van der Waals surface area (Å²) in [5, 5.41) is 12.8. The summed E-state index contributed by atoms with van der Waals surface area (Å²) in [5.74, 6) is 1.61. The fraction of sp³-hybridized carbons (Fsp3) is 0.286. The highest BCUT2D eigenvalue weighted by atomic mass is 35.5. The number of carbonyl (C=O) groups excluding carboxylic acids is 1. The minimum atomic E-state index is -0.0793. The van der Waals surface area contributed by atoms with Crippen molar-refractivity contribution in [3.63, 3.8) is 0 Å². The fourth-order valence-corrected chi connectivity index (χ4v) is 3.67. The van der Waals surface area contributed by atoms with E-state index in [2.05, 4.69) is 15.5 Å². The molecular weight excluding hydrogens is 408 g/mol. The van der Waals surface area contributed by atoms with Gasteiger partial charge in [0.05, 0.1) is 5.75 Å². The summed E-state index contributed by atoms with van der Waals surface area (Å²) in [6.45, 7) is 6.88. The summed E-state index contributed by atoms with van der Waals surface area (Å²) < 4.78 is 7.78. The van der Waals surface area contributed by atoms with Crippen LogP contribution in [0.4, 0.5) is 5.69 Å². The van der Waals surface area contributed by atoms with Crippen LogP contribution in [-0.2, 0) is 17.9 Å². The summed E-state index contributed by atoms with van der Waals surface area (Å²) >= 11 is 7.41. The Hall–Kier alpha value is -2.51.